The first kappa shape index (κ1) is 10.3. The molecule has 0 amide bonds. The molecular weight excluding hydrogens is 288 g/mol. The summed E-state index contributed by atoms with van der Waals surface area (Å²) < 4.78 is 5.48. The highest BCUT2D eigenvalue weighted by molar-refractivity contribution is 9.14. The molecule has 68 valence electrons. The number of methoxy groups -OCH3 is 1. The number of hydrogen-bond donors (Lipinski definition) is 0. The largest absolute Gasteiger partial charge is 0.469 e. The molecule has 1 saturated carbocycles. The molecule has 0 aromatic heterocycles. The second-order valence-electron chi connectivity index (χ2n) is 2.78. The van der Waals surface area contributed by atoms with E-state index in [0.717, 1.165) is 10.9 Å². The lowest BCUT2D eigenvalue weighted by molar-refractivity contribution is -0.142. The first-order valence-corrected chi connectivity index (χ1v) is 5.24. The van der Waals surface area contributed by atoms with Gasteiger partial charge in [0.05, 0.1) is 17.4 Å². The van der Waals surface area contributed by atoms with Gasteiger partial charge in [0.1, 0.15) is 0 Å². The van der Waals surface area contributed by atoms with Gasteiger partial charge in [-0.25, -0.2) is 0 Å². The summed E-state index contributed by atoms with van der Waals surface area (Å²) in [4.78, 5) is 11.1. The first-order chi connectivity index (χ1) is 5.56. The van der Waals surface area contributed by atoms with E-state index >= 15 is 0 Å². The van der Waals surface area contributed by atoms with Crippen molar-refractivity contribution < 1.29 is 9.53 Å². The summed E-state index contributed by atoms with van der Waals surface area (Å²) in [7, 11) is 1.41. The van der Waals surface area contributed by atoms with Gasteiger partial charge in [0.15, 0.2) is 0 Å². The maximum absolute atomic E-state index is 11.1. The van der Waals surface area contributed by atoms with Crippen molar-refractivity contribution in [3.63, 3.8) is 0 Å². The summed E-state index contributed by atoms with van der Waals surface area (Å²) in [6, 6.07) is 0. The van der Waals surface area contributed by atoms with Crippen LogP contribution in [0.15, 0.2) is 10.6 Å². The Bertz CT molecular complexity index is 237. The maximum Gasteiger partial charge on any atom is 0.310 e. The third-order valence-electron chi connectivity index (χ3n) is 2.03. The monoisotopic (exact) mass is 296 g/mol. The maximum atomic E-state index is 11.1. The van der Waals surface area contributed by atoms with Crippen LogP contribution in [0.25, 0.3) is 0 Å². The van der Waals surface area contributed by atoms with Crippen LogP contribution in [0, 0.1) is 5.92 Å². The second kappa shape index (κ2) is 3.50. The van der Waals surface area contributed by atoms with E-state index in [1.807, 2.05) is 13.0 Å². The quantitative estimate of drug-likeness (QED) is 0.578. The van der Waals surface area contributed by atoms with Crippen molar-refractivity contribution in [2.75, 3.05) is 7.11 Å². The van der Waals surface area contributed by atoms with Gasteiger partial charge < -0.3 is 4.74 Å². The second-order valence-corrected chi connectivity index (χ2v) is 5.05. The van der Waals surface area contributed by atoms with Gasteiger partial charge in [0.25, 0.3) is 0 Å². The molecule has 0 saturated heterocycles. The Morgan fingerprint density at radius 3 is 2.75 bits per heavy atom. The fourth-order valence-corrected chi connectivity index (χ4v) is 2.33. The number of allylic oxidation sites excluding steroid dienone is 2. The number of rotatable bonds is 2. The van der Waals surface area contributed by atoms with Crippen LogP contribution in [-0.4, -0.2) is 17.4 Å². The molecule has 1 rings (SSSR count). The zero-order valence-corrected chi connectivity index (χ0v) is 10.1. The third-order valence-corrected chi connectivity index (χ3v) is 5.03. The van der Waals surface area contributed by atoms with Gasteiger partial charge in [-0.05, 0) is 13.3 Å². The van der Waals surface area contributed by atoms with Crippen LogP contribution >= 0.6 is 31.9 Å². The number of esters is 1. The predicted octanol–water partition coefficient (Wildman–Crippen LogP) is 2.61. The van der Waals surface area contributed by atoms with E-state index < -0.39 is 0 Å². The van der Waals surface area contributed by atoms with E-state index in [2.05, 4.69) is 36.6 Å². The standard InChI is InChI=1S/C8H10Br2O2/c1-3-6(9)8(10)4-5(8)7(11)12-2/h3,5H,4H2,1-2H3/b6-3-. The summed E-state index contributed by atoms with van der Waals surface area (Å²) in [5.41, 5.74) is 0. The normalized spacial score (nSPS) is 34.7. The van der Waals surface area contributed by atoms with Crippen LogP contribution in [0.3, 0.4) is 0 Å². The molecule has 12 heavy (non-hydrogen) atoms. The lowest BCUT2D eigenvalue weighted by Gasteiger charge is -2.06. The van der Waals surface area contributed by atoms with E-state index in [-0.39, 0.29) is 16.2 Å². The highest BCUT2D eigenvalue weighted by Crippen LogP contribution is 2.58. The summed E-state index contributed by atoms with van der Waals surface area (Å²) in [6.45, 7) is 1.93. The fraction of sp³-hybridized carbons (Fsp3) is 0.625. The molecule has 0 heterocycles. The van der Waals surface area contributed by atoms with Crippen molar-refractivity contribution in [1.29, 1.82) is 0 Å². The van der Waals surface area contributed by atoms with Gasteiger partial charge in [0.2, 0.25) is 0 Å². The molecule has 0 aromatic carbocycles. The minimum absolute atomic E-state index is 0.0342. The molecule has 0 aliphatic heterocycles. The fourth-order valence-electron chi connectivity index (χ4n) is 1.15. The van der Waals surface area contributed by atoms with Gasteiger partial charge in [-0.15, -0.1) is 0 Å². The third kappa shape index (κ3) is 1.59. The van der Waals surface area contributed by atoms with E-state index in [1.165, 1.54) is 7.11 Å². The summed E-state index contributed by atoms with van der Waals surface area (Å²) in [6.07, 6.45) is 2.75. The van der Waals surface area contributed by atoms with Crippen molar-refractivity contribution in [2.24, 2.45) is 5.92 Å². The number of alkyl halides is 1. The molecule has 1 aliphatic rings. The van der Waals surface area contributed by atoms with E-state index in [9.17, 15) is 4.79 Å². The summed E-state index contributed by atoms with van der Waals surface area (Å²) in [5, 5.41) is 0. The Hall–Kier alpha value is 0.170. The van der Waals surface area contributed by atoms with Crippen LogP contribution in [0.2, 0.25) is 0 Å². The van der Waals surface area contributed by atoms with Gasteiger partial charge in [-0.3, -0.25) is 4.79 Å². The molecule has 2 unspecified atom stereocenters. The Morgan fingerprint density at radius 1 is 1.75 bits per heavy atom. The Labute approximate surface area is 88.6 Å². The minimum Gasteiger partial charge on any atom is -0.469 e. The molecule has 1 fully saturated rings. The molecule has 0 N–H and O–H groups in total. The minimum atomic E-state index is -0.186. The van der Waals surface area contributed by atoms with Crippen molar-refractivity contribution in [3.8, 4) is 0 Å². The van der Waals surface area contributed by atoms with E-state index in [0.29, 0.717) is 0 Å². The molecular formula is C8H10Br2O2. The zero-order chi connectivity index (χ0) is 9.35. The Kier molecular flexibility index (Phi) is 2.99. The predicted molar refractivity (Wildman–Crippen MR) is 54.5 cm³/mol. The Balaban J connectivity index is 2.66. The van der Waals surface area contributed by atoms with Gasteiger partial charge in [0, 0.05) is 4.48 Å². The SMILES string of the molecule is C/C=C(\Br)C1(Br)CC1C(=O)OC. The molecule has 1 aliphatic carbocycles. The number of carbonyl (C=O) groups is 1. The zero-order valence-electron chi connectivity index (χ0n) is 6.93. The van der Waals surface area contributed by atoms with Gasteiger partial charge >= 0.3 is 5.97 Å². The van der Waals surface area contributed by atoms with Crippen LogP contribution in [0.4, 0.5) is 0 Å². The summed E-state index contributed by atoms with van der Waals surface area (Å²) in [5.74, 6) is -0.182. The molecule has 0 aromatic rings. The van der Waals surface area contributed by atoms with Gasteiger partial charge in [-0.1, -0.05) is 37.9 Å². The highest BCUT2D eigenvalue weighted by atomic mass is 79.9. The number of ether oxygens (including phenoxy) is 1. The van der Waals surface area contributed by atoms with Gasteiger partial charge in [-0.2, -0.15) is 0 Å². The summed E-state index contributed by atoms with van der Waals surface area (Å²) >= 11 is 6.91. The van der Waals surface area contributed by atoms with Crippen LogP contribution < -0.4 is 0 Å². The lowest BCUT2D eigenvalue weighted by Crippen LogP contribution is -2.11. The average Bonchev–Trinajstić information content (AvgIpc) is 2.76. The first-order valence-electron chi connectivity index (χ1n) is 3.65. The van der Waals surface area contributed by atoms with Crippen LogP contribution in [-0.2, 0) is 9.53 Å². The van der Waals surface area contributed by atoms with Crippen molar-refractivity contribution in [1.82, 2.24) is 0 Å². The number of carbonyl (C=O) groups excluding carboxylic acids is 1. The molecule has 4 heteroatoms. The molecule has 0 spiro atoms. The van der Waals surface area contributed by atoms with Crippen LogP contribution in [0.1, 0.15) is 13.3 Å². The molecule has 2 nitrogen and oxygen atoms in total. The lowest BCUT2D eigenvalue weighted by atomic mass is 10.3. The van der Waals surface area contributed by atoms with E-state index in [1.54, 1.807) is 0 Å². The van der Waals surface area contributed by atoms with Crippen molar-refractivity contribution in [2.45, 2.75) is 17.7 Å². The highest BCUT2D eigenvalue weighted by Gasteiger charge is 2.59. The Morgan fingerprint density at radius 2 is 2.33 bits per heavy atom. The van der Waals surface area contributed by atoms with Crippen molar-refractivity contribution in [3.05, 3.63) is 10.6 Å². The molecule has 0 bridgehead atoms. The average molecular weight is 298 g/mol. The van der Waals surface area contributed by atoms with E-state index in [4.69, 9.17) is 0 Å². The molecule has 0 radical (unpaired) electrons. The number of hydrogen-bond acceptors (Lipinski definition) is 2. The van der Waals surface area contributed by atoms with Crippen LogP contribution in [0.5, 0.6) is 0 Å². The number of halogens is 2. The topological polar surface area (TPSA) is 26.3 Å². The smallest absolute Gasteiger partial charge is 0.310 e. The molecule has 2 atom stereocenters. The van der Waals surface area contributed by atoms with Crippen molar-refractivity contribution >= 4 is 37.8 Å².